The Morgan fingerprint density at radius 3 is 2.71 bits per heavy atom. The van der Waals surface area contributed by atoms with E-state index in [4.69, 9.17) is 16.3 Å². The fraction of sp³-hybridized carbons (Fsp3) is 0.591. The van der Waals surface area contributed by atoms with Gasteiger partial charge in [-0.1, -0.05) is 43.7 Å². The number of ether oxygens (including phenoxy) is 1. The van der Waals surface area contributed by atoms with Crippen LogP contribution in [0.15, 0.2) is 30.4 Å². The van der Waals surface area contributed by atoms with Gasteiger partial charge in [-0.15, -0.1) is 0 Å². The lowest BCUT2D eigenvalue weighted by Crippen LogP contribution is -2.58. The van der Waals surface area contributed by atoms with Gasteiger partial charge in [0.1, 0.15) is 0 Å². The van der Waals surface area contributed by atoms with Gasteiger partial charge in [-0.3, -0.25) is 4.79 Å². The number of benzene rings is 1. The molecule has 0 unspecified atom stereocenters. The summed E-state index contributed by atoms with van der Waals surface area (Å²) in [6.45, 7) is 9.43. The van der Waals surface area contributed by atoms with Crippen LogP contribution in [0.25, 0.3) is 0 Å². The van der Waals surface area contributed by atoms with Crippen molar-refractivity contribution in [2.45, 2.75) is 71.2 Å². The fourth-order valence-corrected chi connectivity index (χ4v) is 3.73. The number of aryl methyl sites for hydroxylation is 1. The Hall–Kier alpha value is -1.56. The zero-order valence-electron chi connectivity index (χ0n) is 17.4. The Balaban J connectivity index is 1.93. The minimum absolute atomic E-state index is 0.0297. The number of halogens is 1. The normalized spacial score (nSPS) is 21.7. The van der Waals surface area contributed by atoms with Gasteiger partial charge in [-0.25, -0.2) is 0 Å². The molecule has 2 rings (SSSR count). The molecule has 1 aromatic rings. The molecule has 1 amide bonds. The van der Waals surface area contributed by atoms with Crippen LogP contribution < -0.4 is 16.0 Å². The molecule has 1 aliphatic rings. The fourth-order valence-electron chi connectivity index (χ4n) is 3.56. The minimum atomic E-state index is -0.108. The maximum absolute atomic E-state index is 11.8. The van der Waals surface area contributed by atoms with Crippen LogP contribution in [0.2, 0.25) is 5.02 Å². The predicted octanol–water partition coefficient (Wildman–Crippen LogP) is 4.06. The van der Waals surface area contributed by atoms with Gasteiger partial charge in [-0.2, -0.15) is 0 Å². The second kappa shape index (κ2) is 11.4. The lowest BCUT2D eigenvalue weighted by molar-refractivity contribution is -0.121. The van der Waals surface area contributed by atoms with Crippen molar-refractivity contribution in [3.8, 4) is 0 Å². The summed E-state index contributed by atoms with van der Waals surface area (Å²) >= 11 is 6.08. The Labute approximate surface area is 174 Å². The highest BCUT2D eigenvalue weighted by molar-refractivity contribution is 6.30. The highest BCUT2D eigenvalue weighted by Crippen LogP contribution is 2.21. The molecule has 1 aliphatic carbocycles. The van der Waals surface area contributed by atoms with E-state index in [0.717, 1.165) is 43.1 Å². The van der Waals surface area contributed by atoms with Gasteiger partial charge >= 0.3 is 0 Å². The maximum Gasteiger partial charge on any atom is 0.217 e. The van der Waals surface area contributed by atoms with E-state index in [-0.39, 0.29) is 30.2 Å². The SMILES string of the molecule is CCC(CC)O[C@@H]1C=CC[C@H](NCCNc2cc(Cl)ccc2C)[C@H]1NC(C)=O. The summed E-state index contributed by atoms with van der Waals surface area (Å²) in [6, 6.07) is 5.91. The molecule has 0 spiro atoms. The number of rotatable bonds is 10. The van der Waals surface area contributed by atoms with E-state index in [1.165, 1.54) is 5.56 Å². The average Bonchev–Trinajstić information content (AvgIpc) is 2.67. The van der Waals surface area contributed by atoms with Crippen LogP contribution in [-0.2, 0) is 9.53 Å². The van der Waals surface area contributed by atoms with Crippen LogP contribution >= 0.6 is 11.6 Å². The van der Waals surface area contributed by atoms with E-state index in [1.54, 1.807) is 6.92 Å². The number of hydrogen-bond donors (Lipinski definition) is 3. The van der Waals surface area contributed by atoms with Crippen molar-refractivity contribution in [2.75, 3.05) is 18.4 Å². The molecule has 6 heteroatoms. The molecule has 0 aliphatic heterocycles. The molecule has 3 N–H and O–H groups in total. The smallest absolute Gasteiger partial charge is 0.217 e. The number of carbonyl (C=O) groups is 1. The molecule has 1 aromatic carbocycles. The molecule has 156 valence electrons. The Morgan fingerprint density at radius 1 is 1.29 bits per heavy atom. The summed E-state index contributed by atoms with van der Waals surface area (Å²) < 4.78 is 6.27. The van der Waals surface area contributed by atoms with E-state index < -0.39 is 0 Å². The van der Waals surface area contributed by atoms with Crippen molar-refractivity contribution in [3.05, 3.63) is 40.9 Å². The van der Waals surface area contributed by atoms with Gasteiger partial charge in [0, 0.05) is 36.8 Å². The van der Waals surface area contributed by atoms with Crippen molar-refractivity contribution in [1.82, 2.24) is 10.6 Å². The number of anilines is 1. The zero-order valence-corrected chi connectivity index (χ0v) is 18.2. The average molecular weight is 408 g/mol. The molecule has 0 heterocycles. The van der Waals surface area contributed by atoms with Crippen LogP contribution in [0.1, 0.15) is 45.6 Å². The molecule has 0 bridgehead atoms. The summed E-state index contributed by atoms with van der Waals surface area (Å²) in [4.78, 5) is 11.8. The van der Waals surface area contributed by atoms with Gasteiger partial charge < -0.3 is 20.7 Å². The summed E-state index contributed by atoms with van der Waals surface area (Å²) in [6.07, 6.45) is 7.13. The third-order valence-corrected chi connectivity index (χ3v) is 5.42. The van der Waals surface area contributed by atoms with E-state index in [0.29, 0.717) is 0 Å². The van der Waals surface area contributed by atoms with E-state index in [2.05, 4.69) is 48.9 Å². The van der Waals surface area contributed by atoms with Crippen molar-refractivity contribution < 1.29 is 9.53 Å². The van der Waals surface area contributed by atoms with E-state index >= 15 is 0 Å². The maximum atomic E-state index is 11.8. The summed E-state index contributed by atoms with van der Waals surface area (Å²) in [5.41, 5.74) is 2.21. The highest BCUT2D eigenvalue weighted by atomic mass is 35.5. The molecular weight excluding hydrogens is 374 g/mol. The standard InChI is InChI=1S/C22H34ClN3O2/c1-5-18(6-2)28-21-9-7-8-19(22(21)26-16(4)27)24-12-13-25-20-14-17(23)11-10-15(20)3/h7,9-11,14,18-19,21-22,24-25H,5-6,8,12-13H2,1-4H3,(H,26,27)/t19-,21+,22+/m0/s1. The van der Waals surface area contributed by atoms with Crippen molar-refractivity contribution in [2.24, 2.45) is 0 Å². The Kier molecular flexibility index (Phi) is 9.29. The first-order chi connectivity index (χ1) is 13.4. The molecule has 0 fully saturated rings. The third-order valence-electron chi connectivity index (χ3n) is 5.18. The Bertz CT molecular complexity index is 661. The lowest BCUT2D eigenvalue weighted by Gasteiger charge is -2.37. The first-order valence-corrected chi connectivity index (χ1v) is 10.6. The molecule has 0 aromatic heterocycles. The highest BCUT2D eigenvalue weighted by Gasteiger charge is 2.32. The van der Waals surface area contributed by atoms with Crippen molar-refractivity contribution in [3.63, 3.8) is 0 Å². The van der Waals surface area contributed by atoms with Crippen LogP contribution in [0.3, 0.4) is 0 Å². The second-order valence-corrected chi connectivity index (χ2v) is 7.81. The number of amides is 1. The molecule has 3 atom stereocenters. The third kappa shape index (κ3) is 6.80. The summed E-state index contributed by atoms with van der Waals surface area (Å²) in [7, 11) is 0. The van der Waals surface area contributed by atoms with Crippen LogP contribution in [0.4, 0.5) is 5.69 Å². The van der Waals surface area contributed by atoms with Gasteiger partial charge in [0.05, 0.1) is 18.2 Å². The van der Waals surface area contributed by atoms with Crippen molar-refractivity contribution in [1.29, 1.82) is 0 Å². The first-order valence-electron chi connectivity index (χ1n) is 10.3. The molecule has 0 saturated heterocycles. The second-order valence-electron chi connectivity index (χ2n) is 7.38. The number of hydrogen-bond acceptors (Lipinski definition) is 4. The van der Waals surface area contributed by atoms with E-state index in [1.807, 2.05) is 18.2 Å². The zero-order chi connectivity index (χ0) is 20.5. The summed E-state index contributed by atoms with van der Waals surface area (Å²) in [5, 5.41) is 10.8. The topological polar surface area (TPSA) is 62.4 Å². The van der Waals surface area contributed by atoms with Crippen molar-refractivity contribution >= 4 is 23.2 Å². The number of nitrogens with one attached hydrogen (secondary N) is 3. The predicted molar refractivity (Wildman–Crippen MR) is 117 cm³/mol. The Morgan fingerprint density at radius 2 is 2.04 bits per heavy atom. The van der Waals surface area contributed by atoms with E-state index in [9.17, 15) is 4.79 Å². The lowest BCUT2D eigenvalue weighted by atomic mass is 9.92. The molecule has 0 saturated carbocycles. The molecule has 28 heavy (non-hydrogen) atoms. The van der Waals surface area contributed by atoms with Gasteiger partial charge in [0.15, 0.2) is 0 Å². The van der Waals surface area contributed by atoms with Crippen LogP contribution in [0, 0.1) is 6.92 Å². The first kappa shape index (κ1) is 22.7. The quantitative estimate of drug-likeness (QED) is 0.404. The largest absolute Gasteiger partial charge is 0.384 e. The molecule has 5 nitrogen and oxygen atoms in total. The summed E-state index contributed by atoms with van der Waals surface area (Å²) in [5.74, 6) is -0.0297. The van der Waals surface area contributed by atoms with Gasteiger partial charge in [0.2, 0.25) is 5.91 Å². The van der Waals surface area contributed by atoms with Crippen LogP contribution in [-0.4, -0.2) is 43.3 Å². The number of carbonyl (C=O) groups excluding carboxylic acids is 1. The molecular formula is C22H34ClN3O2. The van der Waals surface area contributed by atoms with Gasteiger partial charge in [-0.05, 0) is 43.9 Å². The van der Waals surface area contributed by atoms with Crippen LogP contribution in [0.5, 0.6) is 0 Å². The monoisotopic (exact) mass is 407 g/mol. The minimum Gasteiger partial charge on any atom is -0.384 e. The molecule has 0 radical (unpaired) electrons. The van der Waals surface area contributed by atoms with Gasteiger partial charge in [0.25, 0.3) is 0 Å².